The third kappa shape index (κ3) is 2.78. The summed E-state index contributed by atoms with van der Waals surface area (Å²) in [7, 11) is 0. The first-order valence-electron chi connectivity index (χ1n) is 6.75. The molecule has 1 atom stereocenters. The first-order valence-corrected chi connectivity index (χ1v) is 6.75. The van der Waals surface area contributed by atoms with E-state index in [1.165, 1.54) is 5.69 Å². The largest absolute Gasteiger partial charge is 0.399 e. The summed E-state index contributed by atoms with van der Waals surface area (Å²) in [6.45, 7) is 12.5. The minimum absolute atomic E-state index is 0.265. The van der Waals surface area contributed by atoms with Crippen molar-refractivity contribution >= 4 is 11.4 Å². The normalized spacial score (nSPS) is 22.2. The lowest BCUT2D eigenvalue weighted by Gasteiger charge is -2.46. The van der Waals surface area contributed by atoms with E-state index in [0.29, 0.717) is 6.04 Å². The maximum absolute atomic E-state index is 5.74. The van der Waals surface area contributed by atoms with E-state index in [-0.39, 0.29) is 5.54 Å². The molecule has 1 aromatic rings. The lowest BCUT2D eigenvalue weighted by atomic mass is 10.0. The monoisotopic (exact) mass is 247 g/mol. The fourth-order valence-corrected chi connectivity index (χ4v) is 2.62. The number of nitrogens with two attached hydrogens (primary N) is 1. The van der Waals surface area contributed by atoms with Crippen LogP contribution in [0, 0.1) is 0 Å². The van der Waals surface area contributed by atoms with Gasteiger partial charge in [-0.2, -0.15) is 0 Å². The third-order valence-electron chi connectivity index (χ3n) is 3.80. The van der Waals surface area contributed by atoms with Crippen molar-refractivity contribution in [1.82, 2.24) is 4.90 Å². The number of rotatable bonds is 1. The molecule has 1 fully saturated rings. The molecule has 1 aliphatic heterocycles. The van der Waals surface area contributed by atoms with E-state index in [1.54, 1.807) is 0 Å². The highest BCUT2D eigenvalue weighted by atomic mass is 15.3. The van der Waals surface area contributed by atoms with Crippen LogP contribution in [0.3, 0.4) is 0 Å². The lowest BCUT2D eigenvalue weighted by Crippen LogP contribution is -2.57. The predicted octanol–water partition coefficient (Wildman–Crippen LogP) is 2.58. The molecular weight excluding hydrogens is 222 g/mol. The van der Waals surface area contributed by atoms with Crippen LogP contribution in [0.2, 0.25) is 0 Å². The van der Waals surface area contributed by atoms with Gasteiger partial charge in [-0.3, -0.25) is 4.90 Å². The average Bonchev–Trinajstić information content (AvgIpc) is 2.29. The van der Waals surface area contributed by atoms with Gasteiger partial charge in [0.05, 0.1) is 0 Å². The molecule has 0 spiro atoms. The Balaban J connectivity index is 2.08. The summed E-state index contributed by atoms with van der Waals surface area (Å²) in [4.78, 5) is 5.03. The highest BCUT2D eigenvalue weighted by Gasteiger charge is 2.29. The van der Waals surface area contributed by atoms with Gasteiger partial charge < -0.3 is 10.6 Å². The molecule has 0 saturated carbocycles. The molecule has 0 aromatic heterocycles. The topological polar surface area (TPSA) is 32.5 Å². The van der Waals surface area contributed by atoms with Crippen LogP contribution >= 0.6 is 0 Å². The number of benzene rings is 1. The molecule has 1 unspecified atom stereocenters. The van der Waals surface area contributed by atoms with Gasteiger partial charge in [-0.05, 0) is 52.0 Å². The Morgan fingerprint density at radius 3 is 2.22 bits per heavy atom. The number of hydrogen-bond acceptors (Lipinski definition) is 3. The lowest BCUT2D eigenvalue weighted by molar-refractivity contribution is 0.112. The Kier molecular flexibility index (Phi) is 3.53. The molecule has 1 saturated heterocycles. The van der Waals surface area contributed by atoms with E-state index in [1.807, 2.05) is 12.1 Å². The predicted molar refractivity (Wildman–Crippen MR) is 79.0 cm³/mol. The second-order valence-corrected chi connectivity index (χ2v) is 6.25. The molecule has 0 aliphatic carbocycles. The van der Waals surface area contributed by atoms with Crippen LogP contribution in [-0.2, 0) is 0 Å². The summed E-state index contributed by atoms with van der Waals surface area (Å²) in [5.41, 5.74) is 8.12. The molecular formula is C15H25N3. The smallest absolute Gasteiger partial charge is 0.0389 e. The van der Waals surface area contributed by atoms with Gasteiger partial charge >= 0.3 is 0 Å². The van der Waals surface area contributed by atoms with Crippen LogP contribution in [0.15, 0.2) is 24.3 Å². The summed E-state index contributed by atoms with van der Waals surface area (Å²) >= 11 is 0. The first kappa shape index (κ1) is 13.2. The molecule has 1 aliphatic rings. The maximum atomic E-state index is 5.74. The summed E-state index contributed by atoms with van der Waals surface area (Å²) in [5, 5.41) is 0. The number of hydrogen-bond donors (Lipinski definition) is 1. The summed E-state index contributed by atoms with van der Waals surface area (Å²) in [5.74, 6) is 0. The van der Waals surface area contributed by atoms with Crippen molar-refractivity contribution in [2.75, 3.05) is 30.3 Å². The van der Waals surface area contributed by atoms with Gasteiger partial charge in [0, 0.05) is 42.6 Å². The van der Waals surface area contributed by atoms with Gasteiger partial charge in [0.15, 0.2) is 0 Å². The van der Waals surface area contributed by atoms with Gasteiger partial charge in [0.1, 0.15) is 0 Å². The van der Waals surface area contributed by atoms with Crippen LogP contribution in [0.4, 0.5) is 11.4 Å². The molecule has 1 heterocycles. The molecule has 2 rings (SSSR count). The molecule has 3 nitrogen and oxygen atoms in total. The minimum atomic E-state index is 0.265. The van der Waals surface area contributed by atoms with E-state index in [2.05, 4.69) is 49.6 Å². The third-order valence-corrected chi connectivity index (χ3v) is 3.80. The number of piperazine rings is 1. The molecule has 1 aromatic carbocycles. The number of nitrogen functional groups attached to an aromatic ring is 1. The van der Waals surface area contributed by atoms with E-state index in [4.69, 9.17) is 5.73 Å². The van der Waals surface area contributed by atoms with Crippen LogP contribution in [-0.4, -0.2) is 36.1 Å². The van der Waals surface area contributed by atoms with Crippen molar-refractivity contribution in [3.63, 3.8) is 0 Å². The highest BCUT2D eigenvalue weighted by Crippen LogP contribution is 2.24. The molecule has 0 bridgehead atoms. The standard InChI is InChI=1S/C15H25N3/c1-12-11-17(15(2,3)4)9-10-18(12)14-7-5-13(16)6-8-14/h5-8,12H,9-11,16H2,1-4H3. The Morgan fingerprint density at radius 2 is 1.72 bits per heavy atom. The van der Waals surface area contributed by atoms with Crippen molar-refractivity contribution in [1.29, 1.82) is 0 Å². The minimum Gasteiger partial charge on any atom is -0.399 e. The van der Waals surface area contributed by atoms with E-state index < -0.39 is 0 Å². The van der Waals surface area contributed by atoms with E-state index >= 15 is 0 Å². The summed E-state index contributed by atoms with van der Waals surface area (Å²) < 4.78 is 0. The van der Waals surface area contributed by atoms with Gasteiger partial charge in [-0.15, -0.1) is 0 Å². The molecule has 100 valence electrons. The Labute approximate surface area is 111 Å². The Bertz CT molecular complexity index is 391. The Hall–Kier alpha value is -1.22. The van der Waals surface area contributed by atoms with E-state index in [9.17, 15) is 0 Å². The van der Waals surface area contributed by atoms with Crippen molar-refractivity contribution in [3.05, 3.63) is 24.3 Å². The van der Waals surface area contributed by atoms with Gasteiger partial charge in [0.2, 0.25) is 0 Å². The molecule has 0 amide bonds. The fraction of sp³-hybridized carbons (Fsp3) is 0.600. The summed E-state index contributed by atoms with van der Waals surface area (Å²) in [6, 6.07) is 8.76. The zero-order valence-electron chi connectivity index (χ0n) is 12.0. The van der Waals surface area contributed by atoms with Crippen molar-refractivity contribution in [2.24, 2.45) is 0 Å². The number of anilines is 2. The fourth-order valence-electron chi connectivity index (χ4n) is 2.62. The molecule has 2 N–H and O–H groups in total. The van der Waals surface area contributed by atoms with Crippen molar-refractivity contribution in [2.45, 2.75) is 39.3 Å². The van der Waals surface area contributed by atoms with Crippen LogP contribution in [0.25, 0.3) is 0 Å². The van der Waals surface area contributed by atoms with Crippen LogP contribution in [0.5, 0.6) is 0 Å². The second-order valence-electron chi connectivity index (χ2n) is 6.25. The van der Waals surface area contributed by atoms with Crippen LogP contribution in [0.1, 0.15) is 27.7 Å². The zero-order valence-corrected chi connectivity index (χ0v) is 12.0. The van der Waals surface area contributed by atoms with Gasteiger partial charge in [-0.25, -0.2) is 0 Å². The quantitative estimate of drug-likeness (QED) is 0.774. The van der Waals surface area contributed by atoms with Gasteiger partial charge in [-0.1, -0.05) is 0 Å². The average molecular weight is 247 g/mol. The number of nitrogens with zero attached hydrogens (tertiary/aromatic N) is 2. The zero-order chi connectivity index (χ0) is 13.3. The van der Waals surface area contributed by atoms with E-state index in [0.717, 1.165) is 25.3 Å². The molecule has 18 heavy (non-hydrogen) atoms. The summed E-state index contributed by atoms with van der Waals surface area (Å²) in [6.07, 6.45) is 0. The first-order chi connectivity index (χ1) is 8.38. The molecule has 3 heteroatoms. The maximum Gasteiger partial charge on any atom is 0.0389 e. The van der Waals surface area contributed by atoms with Crippen LogP contribution < -0.4 is 10.6 Å². The van der Waals surface area contributed by atoms with Crippen molar-refractivity contribution < 1.29 is 0 Å². The van der Waals surface area contributed by atoms with Crippen molar-refractivity contribution in [3.8, 4) is 0 Å². The molecule has 0 radical (unpaired) electrons. The Morgan fingerprint density at radius 1 is 1.11 bits per heavy atom. The second kappa shape index (κ2) is 4.81. The van der Waals surface area contributed by atoms with Gasteiger partial charge in [0.25, 0.3) is 0 Å². The highest BCUT2D eigenvalue weighted by molar-refractivity contribution is 5.54. The SMILES string of the molecule is CC1CN(C(C)(C)C)CCN1c1ccc(N)cc1.